The molecule has 80 valence electrons. The maximum Gasteiger partial charge on any atom is 0.102 e. The number of ether oxygens (including phenoxy) is 2. The molecule has 0 amide bonds. The average Bonchev–Trinajstić information content (AvgIpc) is 2.38. The minimum absolute atomic E-state index is 0.156. The molecule has 0 spiro atoms. The largest absolute Gasteiger partial charge is 0.390 e. The van der Waals surface area contributed by atoms with Gasteiger partial charge in [0.05, 0.1) is 18.3 Å². The van der Waals surface area contributed by atoms with E-state index in [2.05, 4.69) is 6.58 Å². The summed E-state index contributed by atoms with van der Waals surface area (Å²) >= 11 is 0. The van der Waals surface area contributed by atoms with Gasteiger partial charge in [-0.05, 0) is 25.7 Å². The van der Waals surface area contributed by atoms with Gasteiger partial charge in [-0.25, -0.2) is 0 Å². The molecule has 0 bridgehead atoms. The smallest absolute Gasteiger partial charge is 0.102 e. The first-order valence-corrected chi connectivity index (χ1v) is 5.39. The molecular formula is C11H18O3. The van der Waals surface area contributed by atoms with Crippen LogP contribution in [0.25, 0.3) is 0 Å². The number of hydrogen-bond acceptors (Lipinski definition) is 3. The monoisotopic (exact) mass is 198 g/mol. The quantitative estimate of drug-likeness (QED) is 0.645. The van der Waals surface area contributed by atoms with Gasteiger partial charge >= 0.3 is 0 Å². The van der Waals surface area contributed by atoms with E-state index in [9.17, 15) is 5.11 Å². The molecule has 0 unspecified atom stereocenters. The predicted molar refractivity (Wildman–Crippen MR) is 53.1 cm³/mol. The summed E-state index contributed by atoms with van der Waals surface area (Å²) in [7, 11) is 0. The zero-order valence-electron chi connectivity index (χ0n) is 8.39. The van der Waals surface area contributed by atoms with Gasteiger partial charge in [0.2, 0.25) is 0 Å². The molecule has 2 fully saturated rings. The Morgan fingerprint density at radius 1 is 1.21 bits per heavy atom. The molecule has 2 rings (SSSR count). The molecule has 0 aliphatic carbocycles. The van der Waals surface area contributed by atoms with Crippen molar-refractivity contribution in [1.82, 2.24) is 0 Å². The van der Waals surface area contributed by atoms with Crippen LogP contribution < -0.4 is 0 Å². The summed E-state index contributed by atoms with van der Waals surface area (Å²) in [6.45, 7) is 4.52. The summed E-state index contributed by atoms with van der Waals surface area (Å²) in [4.78, 5) is 0. The molecule has 1 N–H and O–H groups in total. The normalized spacial score (nSPS) is 43.8. The van der Waals surface area contributed by atoms with Gasteiger partial charge in [0.1, 0.15) is 6.10 Å². The number of aliphatic hydroxyl groups excluding tert-OH is 1. The van der Waals surface area contributed by atoms with Crippen molar-refractivity contribution in [3.8, 4) is 0 Å². The molecule has 14 heavy (non-hydrogen) atoms. The number of fused-ring (bicyclic) bond motifs is 1. The van der Waals surface area contributed by atoms with Crippen LogP contribution in [0.4, 0.5) is 0 Å². The standard InChI is InChI=1S/C11H18O3/c1-2-9-8(12)5-6-10-11(14-9)4-3-7-13-10/h2,8-12H,1,3-7H2/t8-,9+,10+,11-/m0/s1. The van der Waals surface area contributed by atoms with Crippen LogP contribution in [0.1, 0.15) is 25.7 Å². The number of aliphatic hydroxyl groups is 1. The summed E-state index contributed by atoms with van der Waals surface area (Å²) in [6, 6.07) is 0. The zero-order chi connectivity index (χ0) is 9.97. The highest BCUT2D eigenvalue weighted by atomic mass is 16.6. The minimum Gasteiger partial charge on any atom is -0.390 e. The highest BCUT2D eigenvalue weighted by molar-refractivity contribution is 4.92. The van der Waals surface area contributed by atoms with Crippen LogP contribution >= 0.6 is 0 Å². The lowest BCUT2D eigenvalue weighted by Crippen LogP contribution is -2.37. The maximum atomic E-state index is 9.74. The van der Waals surface area contributed by atoms with Gasteiger partial charge < -0.3 is 14.6 Å². The van der Waals surface area contributed by atoms with Crippen molar-refractivity contribution in [3.05, 3.63) is 12.7 Å². The fourth-order valence-corrected chi connectivity index (χ4v) is 2.24. The molecule has 0 aromatic heterocycles. The first-order valence-electron chi connectivity index (χ1n) is 5.39. The molecular weight excluding hydrogens is 180 g/mol. The van der Waals surface area contributed by atoms with Gasteiger partial charge in [-0.3, -0.25) is 0 Å². The molecule has 2 aliphatic heterocycles. The Bertz CT molecular complexity index is 205. The first-order chi connectivity index (χ1) is 6.81. The summed E-state index contributed by atoms with van der Waals surface area (Å²) < 4.78 is 11.4. The summed E-state index contributed by atoms with van der Waals surface area (Å²) in [5.41, 5.74) is 0. The van der Waals surface area contributed by atoms with E-state index in [-0.39, 0.29) is 18.3 Å². The van der Waals surface area contributed by atoms with E-state index in [1.165, 1.54) is 0 Å². The molecule has 3 heteroatoms. The van der Waals surface area contributed by atoms with Gasteiger partial charge in [0.15, 0.2) is 0 Å². The van der Waals surface area contributed by atoms with Crippen molar-refractivity contribution >= 4 is 0 Å². The second kappa shape index (κ2) is 4.43. The molecule has 0 saturated carbocycles. The molecule has 0 aromatic rings. The van der Waals surface area contributed by atoms with Crippen LogP contribution in [0.3, 0.4) is 0 Å². The molecule has 3 nitrogen and oxygen atoms in total. The zero-order valence-corrected chi connectivity index (χ0v) is 8.39. The molecule has 2 heterocycles. The SMILES string of the molecule is C=C[C@H]1O[C@H]2CCCO[C@@H]2CC[C@@H]1O. The Morgan fingerprint density at radius 3 is 2.86 bits per heavy atom. The topological polar surface area (TPSA) is 38.7 Å². The lowest BCUT2D eigenvalue weighted by atomic mass is 10.0. The fraction of sp³-hybridized carbons (Fsp3) is 0.818. The van der Waals surface area contributed by atoms with Crippen LogP contribution in [-0.4, -0.2) is 36.1 Å². The summed E-state index contributed by atoms with van der Waals surface area (Å²) in [6.07, 6.45) is 5.15. The van der Waals surface area contributed by atoms with E-state index >= 15 is 0 Å². The van der Waals surface area contributed by atoms with Crippen molar-refractivity contribution in [3.63, 3.8) is 0 Å². The van der Waals surface area contributed by atoms with E-state index in [0.29, 0.717) is 0 Å². The number of rotatable bonds is 1. The average molecular weight is 198 g/mol. The van der Waals surface area contributed by atoms with E-state index in [1.807, 2.05) is 0 Å². The summed E-state index contributed by atoms with van der Waals surface area (Å²) in [5, 5.41) is 9.74. The third kappa shape index (κ3) is 2.00. The maximum absolute atomic E-state index is 9.74. The molecule has 0 aromatic carbocycles. The van der Waals surface area contributed by atoms with Crippen molar-refractivity contribution in [1.29, 1.82) is 0 Å². The lowest BCUT2D eigenvalue weighted by molar-refractivity contribution is -0.120. The summed E-state index contributed by atoms with van der Waals surface area (Å²) in [5.74, 6) is 0. The first kappa shape index (κ1) is 10.1. The highest BCUT2D eigenvalue weighted by Gasteiger charge is 2.34. The molecule has 4 atom stereocenters. The van der Waals surface area contributed by atoms with Gasteiger partial charge in [0, 0.05) is 6.61 Å². The van der Waals surface area contributed by atoms with Gasteiger partial charge in [-0.1, -0.05) is 6.08 Å². The van der Waals surface area contributed by atoms with Crippen molar-refractivity contribution in [2.45, 2.75) is 50.1 Å². The van der Waals surface area contributed by atoms with E-state index in [0.717, 1.165) is 32.3 Å². The van der Waals surface area contributed by atoms with Crippen LogP contribution in [0.2, 0.25) is 0 Å². The van der Waals surface area contributed by atoms with Gasteiger partial charge in [-0.15, -0.1) is 6.58 Å². The van der Waals surface area contributed by atoms with Gasteiger partial charge in [0.25, 0.3) is 0 Å². The second-order valence-electron chi connectivity index (χ2n) is 4.07. The number of hydrogen-bond donors (Lipinski definition) is 1. The van der Waals surface area contributed by atoms with Crippen LogP contribution in [-0.2, 0) is 9.47 Å². The minimum atomic E-state index is -0.415. The Balaban J connectivity index is 2.04. The van der Waals surface area contributed by atoms with Crippen molar-refractivity contribution in [2.24, 2.45) is 0 Å². The fourth-order valence-electron chi connectivity index (χ4n) is 2.24. The van der Waals surface area contributed by atoms with E-state index in [4.69, 9.17) is 9.47 Å². The Morgan fingerprint density at radius 2 is 2.07 bits per heavy atom. The Hall–Kier alpha value is -0.380. The van der Waals surface area contributed by atoms with Crippen LogP contribution in [0.15, 0.2) is 12.7 Å². The van der Waals surface area contributed by atoms with E-state index in [1.54, 1.807) is 6.08 Å². The van der Waals surface area contributed by atoms with Gasteiger partial charge in [-0.2, -0.15) is 0 Å². The molecule has 2 saturated heterocycles. The molecule has 0 radical (unpaired) electrons. The highest BCUT2D eigenvalue weighted by Crippen LogP contribution is 2.28. The van der Waals surface area contributed by atoms with Crippen LogP contribution in [0, 0.1) is 0 Å². The lowest BCUT2D eigenvalue weighted by Gasteiger charge is -2.31. The Labute approximate surface area is 84.7 Å². The predicted octanol–water partition coefficient (Wildman–Crippen LogP) is 1.26. The Kier molecular flexibility index (Phi) is 3.21. The van der Waals surface area contributed by atoms with E-state index < -0.39 is 6.10 Å². The van der Waals surface area contributed by atoms with Crippen LogP contribution in [0.5, 0.6) is 0 Å². The van der Waals surface area contributed by atoms with Crippen molar-refractivity contribution < 1.29 is 14.6 Å². The van der Waals surface area contributed by atoms with Crippen molar-refractivity contribution in [2.75, 3.05) is 6.61 Å². The third-order valence-electron chi connectivity index (χ3n) is 3.07. The second-order valence-corrected chi connectivity index (χ2v) is 4.07. The molecule has 2 aliphatic rings. The third-order valence-corrected chi connectivity index (χ3v) is 3.07.